The van der Waals surface area contributed by atoms with Crippen molar-refractivity contribution in [2.45, 2.75) is 6.18 Å². The number of fused-ring (bicyclic) bond motifs is 1. The largest absolute Gasteiger partial charge is 0.496 e. The Balaban J connectivity index is 1.78. The third kappa shape index (κ3) is 3.23. The predicted octanol–water partition coefficient (Wildman–Crippen LogP) is 5.32. The van der Waals surface area contributed by atoms with Crippen LogP contribution in [0.25, 0.3) is 33.7 Å². The lowest BCUT2D eigenvalue weighted by Crippen LogP contribution is -2.04. The molecule has 2 aromatic heterocycles. The second-order valence-electron chi connectivity index (χ2n) is 5.96. The molecule has 136 valence electrons. The lowest BCUT2D eigenvalue weighted by molar-refractivity contribution is -0.137. The topological polar surface area (TPSA) is 50.8 Å². The van der Waals surface area contributed by atoms with E-state index in [2.05, 4.69) is 15.0 Å². The molecular weight excluding hydrogens is 355 g/mol. The molecule has 0 aliphatic heterocycles. The van der Waals surface area contributed by atoms with E-state index in [4.69, 9.17) is 4.74 Å². The average Bonchev–Trinajstić information content (AvgIpc) is 3.10. The highest BCUT2D eigenvalue weighted by molar-refractivity contribution is 5.82. The fraction of sp³-hybridized carbons (Fsp3) is 0.100. The van der Waals surface area contributed by atoms with Crippen LogP contribution in [0.1, 0.15) is 5.56 Å². The van der Waals surface area contributed by atoms with Crippen LogP contribution in [-0.4, -0.2) is 22.1 Å². The molecule has 0 atom stereocenters. The van der Waals surface area contributed by atoms with E-state index in [-0.39, 0.29) is 0 Å². The standard InChI is InChI=1S/C20H14F3N3O/c1-27-17-8-3-2-7-15(17)18-25-16-10-13(11-24-19(16)26-18)12-5-4-6-14(9-12)20(21,22)23/h2-11H,1H3,(H,24,25,26). The minimum atomic E-state index is -4.39. The zero-order valence-electron chi connectivity index (χ0n) is 14.2. The van der Waals surface area contributed by atoms with E-state index < -0.39 is 11.7 Å². The van der Waals surface area contributed by atoms with Crippen LogP contribution in [0.15, 0.2) is 60.8 Å². The number of halogens is 3. The van der Waals surface area contributed by atoms with Crippen molar-refractivity contribution in [1.82, 2.24) is 15.0 Å². The summed E-state index contributed by atoms with van der Waals surface area (Å²) in [5.74, 6) is 1.24. The van der Waals surface area contributed by atoms with Crippen molar-refractivity contribution < 1.29 is 17.9 Å². The van der Waals surface area contributed by atoms with Gasteiger partial charge < -0.3 is 9.72 Å². The lowest BCUT2D eigenvalue weighted by Gasteiger charge is -2.08. The van der Waals surface area contributed by atoms with Gasteiger partial charge in [0.2, 0.25) is 0 Å². The maximum Gasteiger partial charge on any atom is 0.416 e. The van der Waals surface area contributed by atoms with Crippen molar-refractivity contribution in [3.8, 4) is 28.3 Å². The van der Waals surface area contributed by atoms with Crippen LogP contribution in [0.2, 0.25) is 0 Å². The van der Waals surface area contributed by atoms with E-state index in [9.17, 15) is 13.2 Å². The summed E-state index contributed by atoms with van der Waals surface area (Å²) in [6.07, 6.45) is -2.86. The zero-order chi connectivity index (χ0) is 19.0. The molecule has 0 radical (unpaired) electrons. The SMILES string of the molecule is COc1ccccc1-c1nc2cc(-c3cccc(C(F)(F)F)c3)cnc2[nH]1. The number of hydrogen-bond donors (Lipinski definition) is 1. The van der Waals surface area contributed by atoms with Gasteiger partial charge >= 0.3 is 6.18 Å². The smallest absolute Gasteiger partial charge is 0.416 e. The van der Waals surface area contributed by atoms with E-state index in [1.807, 2.05) is 24.3 Å². The maximum atomic E-state index is 13.0. The zero-order valence-corrected chi connectivity index (χ0v) is 14.2. The number of ether oxygens (including phenoxy) is 1. The summed E-state index contributed by atoms with van der Waals surface area (Å²) in [7, 11) is 1.57. The third-order valence-electron chi connectivity index (χ3n) is 4.22. The number of rotatable bonds is 3. The van der Waals surface area contributed by atoms with E-state index in [0.717, 1.165) is 17.7 Å². The van der Waals surface area contributed by atoms with Crippen molar-refractivity contribution in [2.75, 3.05) is 7.11 Å². The molecular formula is C20H14F3N3O. The molecule has 0 fully saturated rings. The van der Waals surface area contributed by atoms with Crippen LogP contribution in [0.5, 0.6) is 5.75 Å². The van der Waals surface area contributed by atoms with E-state index in [1.165, 1.54) is 12.3 Å². The molecule has 2 heterocycles. The number of aromatic amines is 1. The minimum Gasteiger partial charge on any atom is -0.496 e. The molecule has 4 nitrogen and oxygen atoms in total. The number of imidazole rings is 1. The lowest BCUT2D eigenvalue weighted by atomic mass is 10.0. The number of nitrogens with one attached hydrogen (secondary N) is 1. The van der Waals surface area contributed by atoms with Crippen molar-refractivity contribution in [3.05, 3.63) is 66.4 Å². The quantitative estimate of drug-likeness (QED) is 0.532. The van der Waals surface area contributed by atoms with Gasteiger partial charge in [0, 0.05) is 11.8 Å². The van der Waals surface area contributed by atoms with Gasteiger partial charge in [0.05, 0.1) is 18.2 Å². The van der Waals surface area contributed by atoms with Gasteiger partial charge in [-0.3, -0.25) is 0 Å². The number of hydrogen-bond acceptors (Lipinski definition) is 3. The van der Waals surface area contributed by atoms with Crippen molar-refractivity contribution in [2.24, 2.45) is 0 Å². The molecule has 27 heavy (non-hydrogen) atoms. The summed E-state index contributed by atoms with van der Waals surface area (Å²) in [4.78, 5) is 12.0. The van der Waals surface area contributed by atoms with Gasteiger partial charge in [-0.1, -0.05) is 24.3 Å². The molecule has 0 aliphatic carbocycles. The van der Waals surface area contributed by atoms with E-state index in [0.29, 0.717) is 33.9 Å². The van der Waals surface area contributed by atoms with Gasteiger partial charge in [0.25, 0.3) is 0 Å². The number of H-pyrrole nitrogens is 1. The third-order valence-corrected chi connectivity index (χ3v) is 4.22. The number of methoxy groups -OCH3 is 1. The minimum absolute atomic E-state index is 0.432. The maximum absolute atomic E-state index is 13.0. The molecule has 0 saturated carbocycles. The second kappa shape index (κ2) is 6.42. The van der Waals surface area contributed by atoms with Crippen molar-refractivity contribution in [1.29, 1.82) is 0 Å². The number of nitrogens with zero attached hydrogens (tertiary/aromatic N) is 2. The number of alkyl halides is 3. The van der Waals surface area contributed by atoms with Gasteiger partial charge in [-0.25, -0.2) is 9.97 Å². The summed E-state index contributed by atoms with van der Waals surface area (Å²) in [5, 5.41) is 0. The van der Waals surface area contributed by atoms with Crippen LogP contribution in [0.3, 0.4) is 0 Å². The summed E-state index contributed by atoms with van der Waals surface area (Å²) in [6.45, 7) is 0. The highest BCUT2D eigenvalue weighted by atomic mass is 19.4. The fourth-order valence-electron chi connectivity index (χ4n) is 2.90. The Labute approximate surface area is 152 Å². The normalized spacial score (nSPS) is 11.7. The van der Waals surface area contributed by atoms with Crippen LogP contribution >= 0.6 is 0 Å². The Kier molecular flexibility index (Phi) is 4.07. The summed E-state index contributed by atoms with van der Waals surface area (Å²) >= 11 is 0. The molecule has 0 bridgehead atoms. The summed E-state index contributed by atoms with van der Waals surface area (Å²) < 4.78 is 44.2. The van der Waals surface area contributed by atoms with Crippen LogP contribution < -0.4 is 4.74 Å². The molecule has 2 aromatic carbocycles. The highest BCUT2D eigenvalue weighted by Crippen LogP contribution is 2.33. The van der Waals surface area contributed by atoms with Crippen LogP contribution in [0, 0.1) is 0 Å². The Morgan fingerprint density at radius 3 is 2.56 bits per heavy atom. The molecule has 0 amide bonds. The molecule has 4 aromatic rings. The number of aromatic nitrogens is 3. The summed E-state index contributed by atoms with van der Waals surface area (Å²) in [5.41, 5.74) is 2.18. The van der Waals surface area contributed by atoms with Gasteiger partial charge in [-0.2, -0.15) is 13.2 Å². The fourth-order valence-corrected chi connectivity index (χ4v) is 2.90. The first-order valence-electron chi connectivity index (χ1n) is 8.12. The molecule has 0 saturated heterocycles. The average molecular weight is 369 g/mol. The second-order valence-corrected chi connectivity index (χ2v) is 5.96. The predicted molar refractivity (Wildman–Crippen MR) is 96.3 cm³/mol. The molecule has 0 aliphatic rings. The highest BCUT2D eigenvalue weighted by Gasteiger charge is 2.30. The first kappa shape index (κ1) is 17.1. The Morgan fingerprint density at radius 2 is 1.78 bits per heavy atom. The van der Waals surface area contributed by atoms with Crippen molar-refractivity contribution >= 4 is 11.2 Å². The number of pyridine rings is 1. The Morgan fingerprint density at radius 1 is 0.963 bits per heavy atom. The Hall–Kier alpha value is -3.35. The first-order chi connectivity index (χ1) is 13.0. The van der Waals surface area contributed by atoms with Gasteiger partial charge in [0.1, 0.15) is 17.1 Å². The van der Waals surface area contributed by atoms with E-state index >= 15 is 0 Å². The molecule has 0 spiro atoms. The van der Waals surface area contributed by atoms with Gasteiger partial charge in [-0.15, -0.1) is 0 Å². The summed E-state index contributed by atoms with van der Waals surface area (Å²) in [6, 6.07) is 14.3. The molecule has 0 unspecified atom stereocenters. The van der Waals surface area contributed by atoms with Crippen LogP contribution in [0.4, 0.5) is 13.2 Å². The first-order valence-corrected chi connectivity index (χ1v) is 8.12. The molecule has 4 rings (SSSR count). The van der Waals surface area contributed by atoms with E-state index in [1.54, 1.807) is 19.2 Å². The molecule has 7 heteroatoms. The van der Waals surface area contributed by atoms with Crippen LogP contribution in [-0.2, 0) is 6.18 Å². The number of para-hydroxylation sites is 1. The van der Waals surface area contributed by atoms with Crippen molar-refractivity contribution in [3.63, 3.8) is 0 Å². The van der Waals surface area contributed by atoms with Gasteiger partial charge in [0.15, 0.2) is 5.65 Å². The monoisotopic (exact) mass is 369 g/mol. The van der Waals surface area contributed by atoms with Gasteiger partial charge in [-0.05, 0) is 35.9 Å². The number of benzene rings is 2. The Bertz CT molecular complexity index is 1120. The molecule has 1 N–H and O–H groups in total.